The molecule has 3 heteroatoms. The van der Waals surface area contributed by atoms with Crippen LogP contribution in [0.2, 0.25) is 0 Å². The number of hydrogen-bond acceptors (Lipinski definition) is 3. The number of ether oxygens (including phenoxy) is 1. The van der Waals surface area contributed by atoms with Crippen molar-refractivity contribution in [1.29, 1.82) is 0 Å². The number of nitrogens with zero attached hydrogens (tertiary/aromatic N) is 1. The quantitative estimate of drug-likeness (QED) is 0.496. The maximum Gasteiger partial charge on any atom is 0.339 e. The van der Waals surface area contributed by atoms with Gasteiger partial charge in [0.15, 0.2) is 0 Å². The number of carbonyl (C=O) groups excluding carboxylic acids is 1. The number of benzene rings is 2. The normalized spacial score (nSPS) is 11.2. The molecule has 25 heavy (non-hydrogen) atoms. The largest absolute Gasteiger partial charge is 0.462 e. The number of hydrogen-bond donors (Lipinski definition) is 0. The second kappa shape index (κ2) is 8.06. The van der Waals surface area contributed by atoms with Gasteiger partial charge in [-0.2, -0.15) is 0 Å². The maximum absolute atomic E-state index is 11.8. The van der Waals surface area contributed by atoms with Crippen LogP contribution in [0.5, 0.6) is 0 Å². The predicted octanol–water partition coefficient (Wildman–Crippen LogP) is 4.85. The second-order valence-electron chi connectivity index (χ2n) is 5.49. The van der Waals surface area contributed by atoms with E-state index >= 15 is 0 Å². The van der Waals surface area contributed by atoms with Crippen LogP contribution < -0.4 is 0 Å². The van der Waals surface area contributed by atoms with Crippen molar-refractivity contribution in [1.82, 2.24) is 4.98 Å². The lowest BCUT2D eigenvalue weighted by Crippen LogP contribution is -2.05. The molecule has 0 N–H and O–H groups in total. The van der Waals surface area contributed by atoms with Crippen molar-refractivity contribution in [3.63, 3.8) is 0 Å². The molecule has 1 heterocycles. The summed E-state index contributed by atoms with van der Waals surface area (Å²) in [5.74, 6) is -0.352. The molecule has 0 amide bonds. The van der Waals surface area contributed by atoms with Crippen molar-refractivity contribution in [3.05, 3.63) is 101 Å². The average Bonchev–Trinajstić information content (AvgIpc) is 2.68. The second-order valence-corrected chi connectivity index (χ2v) is 5.49. The van der Waals surface area contributed by atoms with E-state index in [1.165, 1.54) is 0 Å². The van der Waals surface area contributed by atoms with Crippen molar-refractivity contribution in [2.24, 2.45) is 0 Å². The molecule has 0 bridgehead atoms. The van der Waals surface area contributed by atoms with Crippen molar-refractivity contribution in [2.45, 2.75) is 6.92 Å². The van der Waals surface area contributed by atoms with Crippen LogP contribution in [0, 0.1) is 0 Å². The van der Waals surface area contributed by atoms with E-state index < -0.39 is 0 Å². The van der Waals surface area contributed by atoms with E-state index in [0.29, 0.717) is 12.2 Å². The van der Waals surface area contributed by atoms with Gasteiger partial charge in [0.05, 0.1) is 17.9 Å². The van der Waals surface area contributed by atoms with Gasteiger partial charge in [0.25, 0.3) is 0 Å². The zero-order valence-electron chi connectivity index (χ0n) is 14.1. The van der Waals surface area contributed by atoms with E-state index in [9.17, 15) is 4.79 Å². The van der Waals surface area contributed by atoms with Crippen LogP contribution in [0.4, 0.5) is 0 Å². The van der Waals surface area contributed by atoms with Gasteiger partial charge in [-0.05, 0) is 36.3 Å². The molecule has 0 saturated carbocycles. The molecular weight excluding hydrogens is 310 g/mol. The highest BCUT2D eigenvalue weighted by Gasteiger charge is 2.10. The summed E-state index contributed by atoms with van der Waals surface area (Å²) in [6.07, 6.45) is 3.66. The molecule has 0 spiro atoms. The SMILES string of the molecule is CCOC(=O)c1ccc(C(=Cc2ccccc2)c2ccccc2)nc1. The Hall–Kier alpha value is -3.20. The molecule has 0 radical (unpaired) electrons. The third-order valence-corrected chi connectivity index (χ3v) is 3.75. The Kier molecular flexibility index (Phi) is 5.37. The van der Waals surface area contributed by atoms with Gasteiger partial charge in [-0.3, -0.25) is 4.98 Å². The Morgan fingerprint density at radius 3 is 2.20 bits per heavy atom. The minimum atomic E-state index is -0.352. The fraction of sp³-hybridized carbons (Fsp3) is 0.0909. The van der Waals surface area contributed by atoms with E-state index in [0.717, 1.165) is 22.4 Å². The molecule has 0 unspecified atom stereocenters. The lowest BCUT2D eigenvalue weighted by atomic mass is 9.99. The summed E-state index contributed by atoms with van der Waals surface area (Å²) in [5.41, 5.74) is 4.43. The van der Waals surface area contributed by atoms with Crippen molar-refractivity contribution in [2.75, 3.05) is 6.61 Å². The number of aromatic nitrogens is 1. The molecule has 0 aliphatic carbocycles. The molecule has 0 aliphatic heterocycles. The van der Waals surface area contributed by atoms with Crippen molar-refractivity contribution in [3.8, 4) is 0 Å². The molecule has 1 aromatic heterocycles. The van der Waals surface area contributed by atoms with Crippen LogP contribution in [0.1, 0.15) is 34.1 Å². The molecular formula is C22H19NO2. The predicted molar refractivity (Wildman–Crippen MR) is 100 cm³/mol. The van der Waals surface area contributed by atoms with Crippen LogP contribution in [-0.4, -0.2) is 17.6 Å². The van der Waals surface area contributed by atoms with E-state index in [4.69, 9.17) is 4.74 Å². The van der Waals surface area contributed by atoms with Gasteiger partial charge in [-0.1, -0.05) is 60.7 Å². The van der Waals surface area contributed by atoms with E-state index in [1.54, 1.807) is 19.2 Å². The van der Waals surface area contributed by atoms with Crippen LogP contribution >= 0.6 is 0 Å². The van der Waals surface area contributed by atoms with Gasteiger partial charge in [0.2, 0.25) is 0 Å². The first kappa shape index (κ1) is 16.7. The fourth-order valence-corrected chi connectivity index (χ4v) is 2.53. The summed E-state index contributed by atoms with van der Waals surface area (Å²) < 4.78 is 5.02. The molecule has 0 fully saturated rings. The molecule has 3 nitrogen and oxygen atoms in total. The van der Waals surface area contributed by atoms with Gasteiger partial charge >= 0.3 is 5.97 Å². The fourth-order valence-electron chi connectivity index (χ4n) is 2.53. The highest BCUT2D eigenvalue weighted by Crippen LogP contribution is 2.24. The van der Waals surface area contributed by atoms with Gasteiger partial charge < -0.3 is 4.74 Å². The topological polar surface area (TPSA) is 39.2 Å². The zero-order valence-corrected chi connectivity index (χ0v) is 14.1. The Bertz CT molecular complexity index is 854. The molecule has 0 aliphatic rings. The summed E-state index contributed by atoms with van der Waals surface area (Å²) in [7, 11) is 0. The highest BCUT2D eigenvalue weighted by molar-refractivity contribution is 5.92. The van der Waals surface area contributed by atoms with Crippen molar-refractivity contribution >= 4 is 17.6 Å². The van der Waals surface area contributed by atoms with Crippen LogP contribution in [0.15, 0.2) is 79.0 Å². The zero-order chi connectivity index (χ0) is 17.5. The van der Waals surface area contributed by atoms with Gasteiger partial charge in [-0.15, -0.1) is 0 Å². The summed E-state index contributed by atoms with van der Waals surface area (Å²) in [6.45, 7) is 2.14. The summed E-state index contributed by atoms with van der Waals surface area (Å²) in [4.78, 5) is 16.3. The number of carbonyl (C=O) groups is 1. The van der Waals surface area contributed by atoms with E-state index in [1.807, 2.05) is 42.5 Å². The van der Waals surface area contributed by atoms with Gasteiger partial charge in [0.1, 0.15) is 0 Å². The Labute approximate surface area is 147 Å². The summed E-state index contributed by atoms with van der Waals surface area (Å²) in [5, 5.41) is 0. The molecule has 0 saturated heterocycles. The third kappa shape index (κ3) is 4.21. The lowest BCUT2D eigenvalue weighted by Gasteiger charge is -2.09. The van der Waals surface area contributed by atoms with E-state index in [-0.39, 0.29) is 5.97 Å². The van der Waals surface area contributed by atoms with Gasteiger partial charge in [-0.25, -0.2) is 4.79 Å². The van der Waals surface area contributed by atoms with Crippen LogP contribution in [-0.2, 0) is 4.74 Å². The maximum atomic E-state index is 11.8. The first-order valence-corrected chi connectivity index (χ1v) is 8.23. The minimum absolute atomic E-state index is 0.351. The lowest BCUT2D eigenvalue weighted by molar-refractivity contribution is 0.0526. The monoisotopic (exact) mass is 329 g/mol. The standard InChI is InChI=1S/C22H19NO2/c1-2-25-22(24)19-13-14-21(23-16-19)20(18-11-7-4-8-12-18)15-17-9-5-3-6-10-17/h3-16H,2H2,1H3. The number of pyridine rings is 1. The van der Waals surface area contributed by atoms with Crippen LogP contribution in [0.25, 0.3) is 11.6 Å². The molecule has 2 aromatic carbocycles. The molecule has 0 atom stereocenters. The Morgan fingerprint density at radius 2 is 1.60 bits per heavy atom. The minimum Gasteiger partial charge on any atom is -0.462 e. The Balaban J connectivity index is 2.01. The van der Waals surface area contributed by atoms with Crippen molar-refractivity contribution < 1.29 is 9.53 Å². The Morgan fingerprint density at radius 1 is 0.920 bits per heavy atom. The van der Waals surface area contributed by atoms with E-state index in [2.05, 4.69) is 35.3 Å². The summed E-state index contributed by atoms with van der Waals surface area (Å²) in [6, 6.07) is 23.8. The first-order chi connectivity index (χ1) is 12.3. The third-order valence-electron chi connectivity index (χ3n) is 3.75. The highest BCUT2D eigenvalue weighted by atomic mass is 16.5. The van der Waals surface area contributed by atoms with Crippen LogP contribution in [0.3, 0.4) is 0 Å². The number of rotatable bonds is 5. The average molecular weight is 329 g/mol. The molecule has 3 aromatic rings. The molecule has 124 valence electrons. The van der Waals surface area contributed by atoms with Gasteiger partial charge in [0, 0.05) is 11.8 Å². The smallest absolute Gasteiger partial charge is 0.339 e. The number of esters is 1. The summed E-state index contributed by atoms with van der Waals surface area (Å²) >= 11 is 0. The first-order valence-electron chi connectivity index (χ1n) is 8.23. The molecule has 3 rings (SSSR count).